The van der Waals surface area contributed by atoms with Crippen molar-refractivity contribution in [1.82, 2.24) is 9.80 Å². The number of amides is 2. The Kier molecular flexibility index (Phi) is 8.09. The van der Waals surface area contributed by atoms with Crippen LogP contribution in [-0.2, 0) is 16.0 Å². The average molecular weight is 537 g/mol. The molecule has 6 nitrogen and oxygen atoms in total. The van der Waals surface area contributed by atoms with Gasteiger partial charge in [-0.3, -0.25) is 9.59 Å². The van der Waals surface area contributed by atoms with Crippen LogP contribution in [-0.4, -0.2) is 60.6 Å². The fourth-order valence-electron chi connectivity index (χ4n) is 5.32. The van der Waals surface area contributed by atoms with Crippen LogP contribution >= 0.6 is 11.3 Å². The van der Waals surface area contributed by atoms with E-state index in [-0.39, 0.29) is 36.7 Å². The Morgan fingerprint density at radius 3 is 2.79 bits per heavy atom. The fraction of sp³-hybridized carbons (Fsp3) is 0.400. The molecule has 1 fully saturated rings. The maximum atomic E-state index is 14.5. The zero-order valence-corrected chi connectivity index (χ0v) is 22.6. The Bertz CT molecular complexity index is 1300. The second-order valence-corrected chi connectivity index (χ2v) is 11.0. The number of thiophene rings is 1. The van der Waals surface area contributed by atoms with Gasteiger partial charge in [-0.2, -0.15) is 0 Å². The minimum atomic E-state index is -0.595. The van der Waals surface area contributed by atoms with E-state index in [1.54, 1.807) is 23.5 Å². The van der Waals surface area contributed by atoms with Gasteiger partial charge in [-0.25, -0.2) is 4.39 Å². The molecule has 0 saturated carbocycles. The first-order valence-electron chi connectivity index (χ1n) is 13.1. The van der Waals surface area contributed by atoms with Crippen molar-refractivity contribution in [2.45, 2.75) is 45.3 Å². The monoisotopic (exact) mass is 536 g/mol. The molecule has 2 aliphatic heterocycles. The van der Waals surface area contributed by atoms with Crippen molar-refractivity contribution < 1.29 is 23.5 Å². The molecular formula is C30H33FN2O4S. The van der Waals surface area contributed by atoms with Crippen molar-refractivity contribution in [2.75, 3.05) is 32.8 Å². The highest BCUT2D eigenvalue weighted by molar-refractivity contribution is 7.10. The molecule has 5 rings (SSSR count). The Hall–Kier alpha value is -3.23. The molecular weight excluding hydrogens is 503 g/mol. The lowest BCUT2D eigenvalue weighted by Gasteiger charge is -2.37. The smallest absolute Gasteiger partial charge is 0.257 e. The zero-order chi connectivity index (χ0) is 26.6. The van der Waals surface area contributed by atoms with Gasteiger partial charge in [-0.15, -0.1) is 11.3 Å². The standard InChI is InChI=1S/C30H33FN2O4S/c1-20-9-10-27(21(2)16-20)37-19-26-24-12-15-38-28(24)11-13-33(26)29(34)18-32(17-22-6-5-14-36-22)30(35)23-7-3-4-8-25(23)31/h3-4,7-10,12,15-16,22,26H,5-6,11,13-14,17-19H2,1-2H3/t22-,26+/m1/s1. The van der Waals surface area contributed by atoms with Crippen molar-refractivity contribution in [1.29, 1.82) is 0 Å². The predicted octanol–water partition coefficient (Wildman–Crippen LogP) is 5.33. The van der Waals surface area contributed by atoms with Crippen LogP contribution in [0.3, 0.4) is 0 Å². The summed E-state index contributed by atoms with van der Waals surface area (Å²) in [6.45, 7) is 5.64. The van der Waals surface area contributed by atoms with Gasteiger partial charge in [0.05, 0.1) is 17.7 Å². The van der Waals surface area contributed by atoms with Crippen LogP contribution in [0.25, 0.3) is 0 Å². The Morgan fingerprint density at radius 2 is 2.03 bits per heavy atom. The number of carbonyl (C=O) groups is 2. The summed E-state index contributed by atoms with van der Waals surface area (Å²) in [5, 5.41) is 2.05. The van der Waals surface area contributed by atoms with Crippen LogP contribution in [0, 0.1) is 19.7 Å². The van der Waals surface area contributed by atoms with Crippen LogP contribution in [0.15, 0.2) is 53.9 Å². The highest BCUT2D eigenvalue weighted by Gasteiger charge is 2.35. The number of hydrogen-bond donors (Lipinski definition) is 0. The van der Waals surface area contributed by atoms with Gasteiger partial charge in [-0.1, -0.05) is 29.8 Å². The number of hydrogen-bond acceptors (Lipinski definition) is 5. The quantitative estimate of drug-likeness (QED) is 0.391. The lowest BCUT2D eigenvalue weighted by atomic mass is 10.00. The number of benzene rings is 2. The number of nitrogens with zero attached hydrogens (tertiary/aromatic N) is 2. The molecule has 200 valence electrons. The number of fused-ring (bicyclic) bond motifs is 1. The summed E-state index contributed by atoms with van der Waals surface area (Å²) in [6, 6.07) is 13.7. The SMILES string of the molecule is Cc1ccc(OC[C@H]2c3ccsc3CCN2C(=O)CN(C[C@H]2CCCO2)C(=O)c2ccccc2F)c(C)c1. The van der Waals surface area contributed by atoms with Crippen molar-refractivity contribution in [3.8, 4) is 5.75 Å². The van der Waals surface area contributed by atoms with Gasteiger partial charge >= 0.3 is 0 Å². The van der Waals surface area contributed by atoms with Crippen molar-refractivity contribution >= 4 is 23.2 Å². The molecule has 1 saturated heterocycles. The maximum Gasteiger partial charge on any atom is 0.257 e. The van der Waals surface area contributed by atoms with E-state index in [0.717, 1.165) is 41.7 Å². The summed E-state index contributed by atoms with van der Waals surface area (Å²) in [4.78, 5) is 31.7. The summed E-state index contributed by atoms with van der Waals surface area (Å²) in [7, 11) is 0. The molecule has 1 aromatic heterocycles. The molecule has 2 aromatic carbocycles. The summed E-state index contributed by atoms with van der Waals surface area (Å²) < 4.78 is 26.5. The van der Waals surface area contributed by atoms with Crippen LogP contribution in [0.5, 0.6) is 5.75 Å². The lowest BCUT2D eigenvalue weighted by molar-refractivity contribution is -0.135. The summed E-state index contributed by atoms with van der Waals surface area (Å²) in [6.07, 6.45) is 2.31. The van der Waals surface area contributed by atoms with Crippen LogP contribution in [0.4, 0.5) is 4.39 Å². The second-order valence-electron chi connectivity index (χ2n) is 10.0. The number of ether oxygens (including phenoxy) is 2. The lowest BCUT2D eigenvalue weighted by Crippen LogP contribution is -2.49. The van der Waals surface area contributed by atoms with E-state index in [4.69, 9.17) is 9.47 Å². The topological polar surface area (TPSA) is 59.1 Å². The third-order valence-corrected chi connectivity index (χ3v) is 8.30. The van der Waals surface area contributed by atoms with Gasteiger partial charge in [-0.05, 0) is 73.9 Å². The van der Waals surface area contributed by atoms with E-state index < -0.39 is 11.7 Å². The summed E-state index contributed by atoms with van der Waals surface area (Å²) in [5.41, 5.74) is 3.26. The average Bonchev–Trinajstić information content (AvgIpc) is 3.60. The van der Waals surface area contributed by atoms with Crippen molar-refractivity contribution in [2.24, 2.45) is 0 Å². The fourth-order valence-corrected chi connectivity index (χ4v) is 6.25. The van der Waals surface area contributed by atoms with Gasteiger partial charge in [0.25, 0.3) is 5.91 Å². The molecule has 0 radical (unpaired) electrons. The van der Waals surface area contributed by atoms with Gasteiger partial charge < -0.3 is 19.3 Å². The number of carbonyl (C=O) groups excluding carboxylic acids is 2. The normalized spacial score (nSPS) is 18.8. The molecule has 38 heavy (non-hydrogen) atoms. The van der Waals surface area contributed by atoms with Gasteiger partial charge in [0, 0.05) is 24.6 Å². The summed E-state index contributed by atoms with van der Waals surface area (Å²) in [5.74, 6) is -0.481. The molecule has 8 heteroatoms. The maximum absolute atomic E-state index is 14.5. The predicted molar refractivity (Wildman–Crippen MR) is 145 cm³/mol. The second kappa shape index (κ2) is 11.7. The van der Waals surface area contributed by atoms with Gasteiger partial charge in [0.1, 0.15) is 24.7 Å². The Balaban J connectivity index is 1.37. The highest BCUT2D eigenvalue weighted by Crippen LogP contribution is 2.34. The van der Waals surface area contributed by atoms with Gasteiger partial charge in [0.2, 0.25) is 5.91 Å². The number of aryl methyl sites for hydroxylation is 2. The van der Waals surface area contributed by atoms with E-state index in [9.17, 15) is 14.0 Å². The first-order chi connectivity index (χ1) is 18.4. The molecule has 0 aliphatic carbocycles. The molecule has 0 unspecified atom stereocenters. The first-order valence-corrected chi connectivity index (χ1v) is 14.0. The molecule has 0 spiro atoms. The third kappa shape index (κ3) is 5.76. The Morgan fingerprint density at radius 1 is 1.18 bits per heavy atom. The van der Waals surface area contributed by atoms with Crippen LogP contribution < -0.4 is 4.74 Å². The largest absolute Gasteiger partial charge is 0.491 e. The highest BCUT2D eigenvalue weighted by atomic mass is 32.1. The molecule has 2 aliphatic rings. The van der Waals surface area contributed by atoms with E-state index in [1.165, 1.54) is 21.9 Å². The molecule has 2 amide bonds. The van der Waals surface area contributed by atoms with Crippen molar-refractivity contribution in [3.63, 3.8) is 0 Å². The zero-order valence-electron chi connectivity index (χ0n) is 21.8. The van der Waals surface area contributed by atoms with Crippen LogP contribution in [0.1, 0.15) is 50.8 Å². The minimum absolute atomic E-state index is 0.0354. The van der Waals surface area contributed by atoms with Gasteiger partial charge in [0.15, 0.2) is 0 Å². The van der Waals surface area contributed by atoms with E-state index in [0.29, 0.717) is 19.8 Å². The summed E-state index contributed by atoms with van der Waals surface area (Å²) >= 11 is 1.69. The van der Waals surface area contributed by atoms with E-state index in [2.05, 4.69) is 12.1 Å². The molecule has 0 bridgehead atoms. The number of rotatable bonds is 8. The van der Waals surface area contributed by atoms with Crippen molar-refractivity contribution in [3.05, 3.63) is 86.9 Å². The van der Waals surface area contributed by atoms with E-state index in [1.807, 2.05) is 36.3 Å². The van der Waals surface area contributed by atoms with E-state index >= 15 is 0 Å². The minimum Gasteiger partial charge on any atom is -0.491 e. The Labute approximate surface area is 227 Å². The number of halogens is 1. The molecule has 2 atom stereocenters. The first kappa shape index (κ1) is 26.4. The van der Waals surface area contributed by atoms with Crippen LogP contribution in [0.2, 0.25) is 0 Å². The molecule has 0 N–H and O–H groups in total. The third-order valence-electron chi connectivity index (χ3n) is 7.31. The molecule has 3 heterocycles. The molecule has 3 aromatic rings.